The van der Waals surface area contributed by atoms with Crippen molar-refractivity contribution in [3.8, 4) is 0 Å². The largest absolute Gasteiger partial charge is 0.481 e. The number of nitrogens with one attached hydrogen (secondary N) is 2. The SMILES string of the molecule is O=C(NNC(=O)C1C2C=CC(C2)C1C(=O)O)c1cccc2ccccc12. The Balaban J connectivity index is 1.48. The number of rotatable bonds is 3. The summed E-state index contributed by atoms with van der Waals surface area (Å²) in [6.45, 7) is 0. The predicted octanol–water partition coefficient (Wildman–Crippen LogP) is 2.12. The Labute approximate surface area is 149 Å². The van der Waals surface area contributed by atoms with Gasteiger partial charge in [-0.05, 0) is 35.1 Å². The maximum absolute atomic E-state index is 12.5. The van der Waals surface area contributed by atoms with Crippen molar-refractivity contribution in [1.29, 1.82) is 0 Å². The van der Waals surface area contributed by atoms with Gasteiger partial charge in [0, 0.05) is 5.56 Å². The summed E-state index contributed by atoms with van der Waals surface area (Å²) in [6, 6.07) is 12.8. The van der Waals surface area contributed by atoms with Gasteiger partial charge in [0.05, 0.1) is 11.8 Å². The molecule has 0 aliphatic heterocycles. The topological polar surface area (TPSA) is 95.5 Å². The van der Waals surface area contributed by atoms with Crippen LogP contribution in [0, 0.1) is 23.7 Å². The van der Waals surface area contributed by atoms with Crippen LogP contribution in [0.4, 0.5) is 0 Å². The van der Waals surface area contributed by atoms with Crippen molar-refractivity contribution in [3.05, 3.63) is 60.2 Å². The minimum atomic E-state index is -0.970. The fourth-order valence-corrected chi connectivity index (χ4v) is 4.21. The number of allylic oxidation sites excluding steroid dienone is 2. The van der Waals surface area contributed by atoms with Gasteiger partial charge in [0.25, 0.3) is 5.91 Å². The van der Waals surface area contributed by atoms with Gasteiger partial charge < -0.3 is 5.11 Å². The number of benzene rings is 2. The third-order valence-electron chi connectivity index (χ3n) is 5.38. The second-order valence-electron chi connectivity index (χ2n) is 6.81. The zero-order chi connectivity index (χ0) is 18.3. The molecule has 0 radical (unpaired) electrons. The third kappa shape index (κ3) is 2.63. The molecule has 3 N–H and O–H groups in total. The normalized spacial score (nSPS) is 26.0. The zero-order valence-corrected chi connectivity index (χ0v) is 13.9. The van der Waals surface area contributed by atoms with Gasteiger partial charge in [0.2, 0.25) is 5.91 Å². The van der Waals surface area contributed by atoms with Crippen LogP contribution in [0.2, 0.25) is 0 Å². The van der Waals surface area contributed by atoms with Crippen molar-refractivity contribution >= 4 is 28.6 Å². The minimum Gasteiger partial charge on any atom is -0.481 e. The van der Waals surface area contributed by atoms with Gasteiger partial charge >= 0.3 is 5.97 Å². The monoisotopic (exact) mass is 350 g/mol. The molecule has 4 rings (SSSR count). The molecule has 2 bridgehead atoms. The van der Waals surface area contributed by atoms with E-state index in [1.165, 1.54) is 0 Å². The van der Waals surface area contributed by atoms with E-state index in [4.69, 9.17) is 0 Å². The van der Waals surface area contributed by atoms with Crippen LogP contribution in [0.1, 0.15) is 16.8 Å². The van der Waals surface area contributed by atoms with Gasteiger partial charge in [0.1, 0.15) is 0 Å². The lowest BCUT2D eigenvalue weighted by Gasteiger charge is -2.23. The van der Waals surface area contributed by atoms with Gasteiger partial charge in [-0.25, -0.2) is 0 Å². The second kappa shape index (κ2) is 6.29. The van der Waals surface area contributed by atoms with Gasteiger partial charge in [0.15, 0.2) is 0 Å². The molecule has 2 aromatic carbocycles. The molecule has 1 saturated carbocycles. The van der Waals surface area contributed by atoms with Crippen molar-refractivity contribution in [1.82, 2.24) is 10.9 Å². The molecule has 6 heteroatoms. The van der Waals surface area contributed by atoms with E-state index in [0.29, 0.717) is 12.0 Å². The lowest BCUT2D eigenvalue weighted by atomic mass is 9.82. The Morgan fingerprint density at radius 1 is 0.885 bits per heavy atom. The molecular formula is C20H18N2O4. The van der Waals surface area contributed by atoms with Crippen LogP contribution >= 0.6 is 0 Å². The number of hydrogen-bond acceptors (Lipinski definition) is 3. The van der Waals surface area contributed by atoms with Crippen molar-refractivity contribution in [2.75, 3.05) is 0 Å². The van der Waals surface area contributed by atoms with E-state index in [-0.39, 0.29) is 11.8 Å². The fourth-order valence-electron chi connectivity index (χ4n) is 4.21. The van der Waals surface area contributed by atoms with Crippen molar-refractivity contribution in [3.63, 3.8) is 0 Å². The number of hydrogen-bond donors (Lipinski definition) is 3. The molecule has 4 unspecified atom stereocenters. The number of carbonyl (C=O) groups is 3. The highest BCUT2D eigenvalue weighted by Gasteiger charge is 2.51. The molecule has 2 aliphatic rings. The molecule has 26 heavy (non-hydrogen) atoms. The number of carboxylic acids is 1. The number of carbonyl (C=O) groups excluding carboxylic acids is 2. The van der Waals surface area contributed by atoms with E-state index in [1.54, 1.807) is 12.1 Å². The summed E-state index contributed by atoms with van der Waals surface area (Å²) >= 11 is 0. The average molecular weight is 350 g/mol. The molecule has 2 aliphatic carbocycles. The lowest BCUT2D eigenvalue weighted by Crippen LogP contribution is -2.48. The Bertz CT molecular complexity index is 931. The molecule has 0 saturated heterocycles. The number of carboxylic acid groups (broad SMARTS) is 1. The first-order valence-corrected chi connectivity index (χ1v) is 8.55. The van der Waals surface area contributed by atoms with Crippen LogP contribution < -0.4 is 10.9 Å². The van der Waals surface area contributed by atoms with E-state index in [0.717, 1.165) is 10.8 Å². The van der Waals surface area contributed by atoms with E-state index < -0.39 is 29.6 Å². The summed E-state index contributed by atoms with van der Waals surface area (Å²) in [5.74, 6) is -3.45. The molecule has 6 nitrogen and oxygen atoms in total. The van der Waals surface area contributed by atoms with Crippen LogP contribution in [0.25, 0.3) is 10.8 Å². The van der Waals surface area contributed by atoms with E-state index in [2.05, 4.69) is 10.9 Å². The number of hydrazine groups is 1. The van der Waals surface area contributed by atoms with Gasteiger partial charge in [-0.15, -0.1) is 0 Å². The highest BCUT2D eigenvalue weighted by molar-refractivity contribution is 6.07. The lowest BCUT2D eigenvalue weighted by molar-refractivity contribution is -0.148. The third-order valence-corrected chi connectivity index (χ3v) is 5.38. The first kappa shape index (κ1) is 16.3. The first-order chi connectivity index (χ1) is 12.6. The van der Waals surface area contributed by atoms with E-state index >= 15 is 0 Å². The van der Waals surface area contributed by atoms with Crippen molar-refractivity contribution < 1.29 is 19.5 Å². The van der Waals surface area contributed by atoms with E-state index in [1.807, 2.05) is 42.5 Å². The molecule has 1 fully saturated rings. The average Bonchev–Trinajstić information content (AvgIpc) is 3.26. The van der Waals surface area contributed by atoms with E-state index in [9.17, 15) is 19.5 Å². The smallest absolute Gasteiger partial charge is 0.307 e. The Morgan fingerprint density at radius 2 is 1.58 bits per heavy atom. The zero-order valence-electron chi connectivity index (χ0n) is 13.9. The molecule has 0 aromatic heterocycles. The number of aliphatic carboxylic acids is 1. The molecule has 0 heterocycles. The first-order valence-electron chi connectivity index (χ1n) is 8.55. The van der Waals surface area contributed by atoms with Gasteiger partial charge in [-0.2, -0.15) is 0 Å². The van der Waals surface area contributed by atoms with Crippen LogP contribution in [0.5, 0.6) is 0 Å². The molecular weight excluding hydrogens is 332 g/mol. The minimum absolute atomic E-state index is 0.0874. The highest BCUT2D eigenvalue weighted by Crippen LogP contribution is 2.48. The predicted molar refractivity (Wildman–Crippen MR) is 94.9 cm³/mol. The summed E-state index contributed by atoms with van der Waals surface area (Å²) in [5.41, 5.74) is 5.30. The summed E-state index contributed by atoms with van der Waals surface area (Å²) in [7, 11) is 0. The molecule has 132 valence electrons. The van der Waals surface area contributed by atoms with Crippen molar-refractivity contribution in [2.24, 2.45) is 23.7 Å². The Hall–Kier alpha value is -3.15. The number of fused-ring (bicyclic) bond motifs is 3. The van der Waals surface area contributed by atoms with Crippen LogP contribution in [0.3, 0.4) is 0 Å². The summed E-state index contributed by atoms with van der Waals surface area (Å²) in [5, 5.41) is 11.1. The Kier molecular flexibility index (Phi) is 3.95. The summed E-state index contributed by atoms with van der Waals surface area (Å²) in [4.78, 5) is 36.5. The molecule has 4 atom stereocenters. The molecule has 2 amide bonds. The van der Waals surface area contributed by atoms with Crippen LogP contribution in [-0.2, 0) is 9.59 Å². The number of amides is 2. The summed E-state index contributed by atoms with van der Waals surface area (Å²) in [6.07, 6.45) is 4.45. The second-order valence-corrected chi connectivity index (χ2v) is 6.81. The maximum atomic E-state index is 12.5. The Morgan fingerprint density at radius 3 is 2.35 bits per heavy atom. The van der Waals surface area contributed by atoms with Crippen LogP contribution in [0.15, 0.2) is 54.6 Å². The van der Waals surface area contributed by atoms with Crippen molar-refractivity contribution in [2.45, 2.75) is 6.42 Å². The van der Waals surface area contributed by atoms with Crippen LogP contribution in [-0.4, -0.2) is 22.9 Å². The summed E-state index contributed by atoms with van der Waals surface area (Å²) < 4.78 is 0. The van der Waals surface area contributed by atoms with Gasteiger partial charge in [-0.1, -0.05) is 48.6 Å². The maximum Gasteiger partial charge on any atom is 0.307 e. The standard InChI is InChI=1S/C20H18N2O4/c23-18(15-7-3-5-11-4-1-2-6-14(11)15)21-22-19(24)16-12-8-9-13(10-12)17(16)20(25)26/h1-9,12-13,16-17H,10H2,(H,21,23)(H,22,24)(H,25,26). The van der Waals surface area contributed by atoms with Gasteiger partial charge in [-0.3, -0.25) is 25.2 Å². The highest BCUT2D eigenvalue weighted by atomic mass is 16.4. The molecule has 2 aromatic rings. The fraction of sp³-hybridized carbons (Fsp3) is 0.250. The quantitative estimate of drug-likeness (QED) is 0.584. The molecule has 0 spiro atoms.